The molecule has 1 aliphatic rings. The zero-order valence-electron chi connectivity index (χ0n) is 13.1. The van der Waals surface area contributed by atoms with Crippen LogP contribution in [0.25, 0.3) is 0 Å². The summed E-state index contributed by atoms with van der Waals surface area (Å²) < 4.78 is 0. The van der Waals surface area contributed by atoms with Gasteiger partial charge in [-0.05, 0) is 30.6 Å². The molecule has 20 heavy (non-hydrogen) atoms. The second kappa shape index (κ2) is 8.40. The molecule has 0 spiro atoms. The molecule has 0 bridgehead atoms. The Hall–Kier alpha value is -0.900. The summed E-state index contributed by atoms with van der Waals surface area (Å²) in [5, 5.41) is 3.48. The number of nitrogens with zero attached hydrogens (tertiary/aromatic N) is 2. The van der Waals surface area contributed by atoms with Crippen molar-refractivity contribution < 1.29 is 0 Å². The molecule has 0 aromatic heterocycles. The van der Waals surface area contributed by atoms with Gasteiger partial charge in [0.1, 0.15) is 0 Å². The van der Waals surface area contributed by atoms with Gasteiger partial charge in [0.2, 0.25) is 0 Å². The molecule has 1 aromatic carbocycles. The first-order valence-electron chi connectivity index (χ1n) is 8.05. The Morgan fingerprint density at radius 3 is 2.40 bits per heavy atom. The highest BCUT2D eigenvalue weighted by Crippen LogP contribution is 2.10. The van der Waals surface area contributed by atoms with E-state index >= 15 is 0 Å². The van der Waals surface area contributed by atoms with Crippen molar-refractivity contribution in [2.75, 3.05) is 39.3 Å². The molecule has 0 saturated carbocycles. The third-order valence-corrected chi connectivity index (χ3v) is 4.07. The number of rotatable bonds is 7. The Kier molecular flexibility index (Phi) is 6.51. The minimum atomic E-state index is 0.991. The topological polar surface area (TPSA) is 18.5 Å². The highest BCUT2D eigenvalue weighted by molar-refractivity contribution is 5.23. The zero-order valence-corrected chi connectivity index (χ0v) is 13.1. The van der Waals surface area contributed by atoms with Gasteiger partial charge in [0.15, 0.2) is 0 Å². The first-order chi connectivity index (χ1) is 9.81. The second-order valence-electron chi connectivity index (χ2n) is 5.71. The van der Waals surface area contributed by atoms with Crippen LogP contribution in [0.3, 0.4) is 0 Å². The Morgan fingerprint density at radius 1 is 1.00 bits per heavy atom. The summed E-state index contributed by atoms with van der Waals surface area (Å²) in [5.74, 6) is 0. The molecule has 1 saturated heterocycles. The lowest BCUT2D eigenvalue weighted by molar-refractivity contribution is 0.132. The molecule has 1 heterocycles. The summed E-state index contributed by atoms with van der Waals surface area (Å²) in [5.41, 5.74) is 2.86. The predicted molar refractivity (Wildman–Crippen MR) is 85.8 cm³/mol. The van der Waals surface area contributed by atoms with Crippen LogP contribution in [0.5, 0.6) is 0 Å². The third kappa shape index (κ3) is 4.89. The van der Waals surface area contributed by atoms with Gasteiger partial charge in [0, 0.05) is 39.3 Å². The SMILES string of the molecule is CCCNCc1cccc(CN2CCN(CC)CC2)c1. The molecule has 0 unspecified atom stereocenters. The lowest BCUT2D eigenvalue weighted by Gasteiger charge is -2.34. The van der Waals surface area contributed by atoms with E-state index in [1.165, 1.54) is 50.3 Å². The maximum absolute atomic E-state index is 3.48. The standard InChI is InChI=1S/C17H29N3/c1-3-8-18-14-16-6-5-7-17(13-16)15-20-11-9-19(4-2)10-12-20/h5-7,13,18H,3-4,8-12,14-15H2,1-2H3. The van der Waals surface area contributed by atoms with Crippen molar-refractivity contribution in [3.63, 3.8) is 0 Å². The summed E-state index contributed by atoms with van der Waals surface area (Å²) in [6.45, 7) is 13.7. The summed E-state index contributed by atoms with van der Waals surface area (Å²) in [6, 6.07) is 9.03. The summed E-state index contributed by atoms with van der Waals surface area (Å²) in [7, 11) is 0. The average Bonchev–Trinajstić information content (AvgIpc) is 2.49. The third-order valence-electron chi connectivity index (χ3n) is 4.07. The van der Waals surface area contributed by atoms with Gasteiger partial charge in [0.05, 0.1) is 0 Å². The molecule has 0 aliphatic carbocycles. The van der Waals surface area contributed by atoms with Crippen LogP contribution >= 0.6 is 0 Å². The van der Waals surface area contributed by atoms with Crippen molar-refractivity contribution in [3.05, 3.63) is 35.4 Å². The van der Waals surface area contributed by atoms with Crippen molar-refractivity contribution in [2.45, 2.75) is 33.4 Å². The van der Waals surface area contributed by atoms with Crippen LogP contribution in [0.1, 0.15) is 31.4 Å². The summed E-state index contributed by atoms with van der Waals surface area (Å²) in [6.07, 6.45) is 1.20. The fourth-order valence-electron chi connectivity index (χ4n) is 2.77. The van der Waals surface area contributed by atoms with Crippen LogP contribution in [0.2, 0.25) is 0 Å². The molecule has 1 aromatic rings. The molecule has 2 rings (SSSR count). The van der Waals surface area contributed by atoms with Gasteiger partial charge < -0.3 is 10.2 Å². The molecule has 1 aliphatic heterocycles. The van der Waals surface area contributed by atoms with Crippen molar-refractivity contribution in [1.29, 1.82) is 0 Å². The van der Waals surface area contributed by atoms with Crippen LogP contribution < -0.4 is 5.32 Å². The van der Waals surface area contributed by atoms with Crippen LogP contribution in [0.4, 0.5) is 0 Å². The molecule has 1 fully saturated rings. The van der Waals surface area contributed by atoms with Gasteiger partial charge in [0.25, 0.3) is 0 Å². The number of benzene rings is 1. The van der Waals surface area contributed by atoms with E-state index in [9.17, 15) is 0 Å². The van der Waals surface area contributed by atoms with E-state index < -0.39 is 0 Å². The van der Waals surface area contributed by atoms with Gasteiger partial charge in [-0.3, -0.25) is 4.90 Å². The fourth-order valence-corrected chi connectivity index (χ4v) is 2.77. The minimum Gasteiger partial charge on any atom is -0.313 e. The van der Waals surface area contributed by atoms with Crippen LogP contribution in [-0.4, -0.2) is 49.1 Å². The van der Waals surface area contributed by atoms with Gasteiger partial charge in [-0.15, -0.1) is 0 Å². The van der Waals surface area contributed by atoms with E-state index in [1.54, 1.807) is 0 Å². The maximum atomic E-state index is 3.48. The number of hydrogen-bond donors (Lipinski definition) is 1. The van der Waals surface area contributed by atoms with E-state index in [-0.39, 0.29) is 0 Å². The first kappa shape index (κ1) is 15.5. The molecule has 1 N–H and O–H groups in total. The van der Waals surface area contributed by atoms with Gasteiger partial charge >= 0.3 is 0 Å². The Bertz CT molecular complexity index is 384. The lowest BCUT2D eigenvalue weighted by atomic mass is 10.1. The largest absolute Gasteiger partial charge is 0.313 e. The monoisotopic (exact) mass is 275 g/mol. The molecule has 0 amide bonds. The van der Waals surface area contributed by atoms with E-state index in [2.05, 4.69) is 53.2 Å². The van der Waals surface area contributed by atoms with Gasteiger partial charge in [-0.25, -0.2) is 0 Å². The maximum Gasteiger partial charge on any atom is 0.0234 e. The molecular weight excluding hydrogens is 246 g/mol. The first-order valence-corrected chi connectivity index (χ1v) is 8.05. The van der Waals surface area contributed by atoms with Gasteiger partial charge in [-0.2, -0.15) is 0 Å². The molecule has 3 nitrogen and oxygen atoms in total. The summed E-state index contributed by atoms with van der Waals surface area (Å²) >= 11 is 0. The van der Waals surface area contributed by atoms with Crippen molar-refractivity contribution in [2.24, 2.45) is 0 Å². The molecule has 112 valence electrons. The molecule has 0 radical (unpaired) electrons. The Morgan fingerprint density at radius 2 is 1.70 bits per heavy atom. The van der Waals surface area contributed by atoms with Crippen molar-refractivity contribution in [1.82, 2.24) is 15.1 Å². The Balaban J connectivity index is 1.82. The van der Waals surface area contributed by atoms with E-state index in [0.717, 1.165) is 19.6 Å². The minimum absolute atomic E-state index is 0.991. The quantitative estimate of drug-likeness (QED) is 0.771. The number of piperazine rings is 1. The Labute approximate surface area is 124 Å². The smallest absolute Gasteiger partial charge is 0.0234 e. The number of likely N-dealkylation sites (N-methyl/N-ethyl adjacent to an activating group) is 1. The fraction of sp³-hybridized carbons (Fsp3) is 0.647. The van der Waals surface area contributed by atoms with Crippen LogP contribution in [-0.2, 0) is 13.1 Å². The molecule has 0 atom stereocenters. The summed E-state index contributed by atoms with van der Waals surface area (Å²) in [4.78, 5) is 5.10. The highest BCUT2D eigenvalue weighted by atomic mass is 15.3. The normalized spacial score (nSPS) is 17.5. The highest BCUT2D eigenvalue weighted by Gasteiger charge is 2.15. The van der Waals surface area contributed by atoms with E-state index in [1.807, 2.05) is 0 Å². The van der Waals surface area contributed by atoms with Crippen molar-refractivity contribution >= 4 is 0 Å². The van der Waals surface area contributed by atoms with Crippen LogP contribution in [0.15, 0.2) is 24.3 Å². The number of nitrogens with one attached hydrogen (secondary N) is 1. The lowest BCUT2D eigenvalue weighted by Crippen LogP contribution is -2.45. The second-order valence-corrected chi connectivity index (χ2v) is 5.71. The zero-order chi connectivity index (χ0) is 14.2. The average molecular weight is 275 g/mol. The van der Waals surface area contributed by atoms with Crippen LogP contribution in [0, 0.1) is 0 Å². The van der Waals surface area contributed by atoms with E-state index in [4.69, 9.17) is 0 Å². The molecule has 3 heteroatoms. The van der Waals surface area contributed by atoms with E-state index in [0.29, 0.717) is 0 Å². The van der Waals surface area contributed by atoms with Gasteiger partial charge in [-0.1, -0.05) is 38.1 Å². The predicted octanol–water partition coefficient (Wildman–Crippen LogP) is 2.32. The van der Waals surface area contributed by atoms with Crippen molar-refractivity contribution in [3.8, 4) is 0 Å². The number of hydrogen-bond acceptors (Lipinski definition) is 3. The molecular formula is C17H29N3.